The van der Waals surface area contributed by atoms with Crippen LogP contribution in [-0.2, 0) is 81.5 Å². The van der Waals surface area contributed by atoms with Crippen molar-refractivity contribution in [1.82, 2.24) is 63.4 Å². The van der Waals surface area contributed by atoms with Gasteiger partial charge in [-0.25, -0.2) is 28.8 Å². The molecule has 0 unspecified atom stereocenters. The topological polar surface area (TPSA) is 803 Å². The lowest BCUT2D eigenvalue weighted by atomic mass is 10.1. The van der Waals surface area contributed by atoms with E-state index >= 15 is 0 Å². The first kappa shape index (κ1) is 113. The standard InChI is InChI=1S/C16H26N4O8S2.C13H22N4O5S.C11H19N3O5S.2C10H17N3O6S.CH4/c1-8(21)3-4-13(23)11(20-16(28)18-5-10(17)14(24)25)6-29-30-7-12(15(26)27)19-9(2)22;1-7(18)5-17-10(19)9(6-23-13(17,2)3)16-12(22)15-4-8(14)11(20)21;1-6(15)2-3-9(16)8(5-20)14-11(19)13-4-7(12)10(17)18;2*11-5(9(17)18)3-12-10(19)13-6(4-20)7(14)1-2-8(15)16;/h10-12H,3-7,17H2,1-2H3,(H,19,22)(H,24,25)(H,26,27)(H2,18,20,28);8-9H,4-6,14H2,1-3H3,(H,20,21)(H2,15,16,22);7-8,20H,2-5,12H2,1H3,(H,17,18)(H2,13,14,19);2*5-6,20H,1-4,11H2,(H,15,16)(H,17,18)(H2,12,13,19);1H4/t10-,11-,12-;8-,9-;7-,8+;5-,6+;5-,6-;/m00011./s1. The zero-order valence-corrected chi connectivity index (χ0v) is 67.1. The molecule has 0 aromatic carbocycles. The molecule has 47 nitrogen and oxygen atoms in total. The number of hydrogen-bond acceptors (Lipinski definition) is 33. The van der Waals surface area contributed by atoms with Crippen molar-refractivity contribution in [2.24, 2.45) is 28.7 Å². The summed E-state index contributed by atoms with van der Waals surface area (Å²) in [6.45, 7) is 7.46. The lowest BCUT2D eigenvalue weighted by Gasteiger charge is -2.44. The van der Waals surface area contributed by atoms with Crippen LogP contribution >= 0.6 is 71.2 Å². The molecule has 1 aliphatic rings. The minimum Gasteiger partial charge on any atom is -0.481 e. The third kappa shape index (κ3) is 56.8. The summed E-state index contributed by atoms with van der Waals surface area (Å²) in [6.07, 6.45) is -1.09. The van der Waals surface area contributed by atoms with E-state index in [-0.39, 0.29) is 156 Å². The quantitative estimate of drug-likeness (QED) is 0.0153. The fraction of sp³-hybridized carbons (Fsp3) is 0.639. The summed E-state index contributed by atoms with van der Waals surface area (Å²) in [5.74, 6) is -12.2. The molecular formula is C61H105N17O30S6. The number of rotatable bonds is 48. The van der Waals surface area contributed by atoms with Crippen LogP contribution in [-0.4, -0.2) is 321 Å². The van der Waals surface area contributed by atoms with Crippen LogP contribution in [0.25, 0.3) is 0 Å². The normalized spacial score (nSPS) is 14.8. The number of aliphatic carboxylic acids is 8. The third-order valence-corrected chi connectivity index (χ3v) is 18.6. The van der Waals surface area contributed by atoms with Crippen LogP contribution in [0.1, 0.15) is 100 Å². The summed E-state index contributed by atoms with van der Waals surface area (Å²) < 4.78 is 0. The first-order valence-electron chi connectivity index (χ1n) is 33.0. The smallest absolute Gasteiger partial charge is 0.327 e. The van der Waals surface area contributed by atoms with E-state index in [4.69, 9.17) is 69.5 Å². The van der Waals surface area contributed by atoms with E-state index in [0.29, 0.717) is 5.75 Å². The summed E-state index contributed by atoms with van der Waals surface area (Å²) in [5.41, 5.74) is 26.1. The molecule has 0 aliphatic carbocycles. The van der Waals surface area contributed by atoms with Gasteiger partial charge in [0.2, 0.25) is 11.8 Å². The van der Waals surface area contributed by atoms with Gasteiger partial charge in [-0.3, -0.25) is 67.1 Å². The fourth-order valence-electron chi connectivity index (χ4n) is 7.29. The molecule has 1 fully saturated rings. The number of carbonyl (C=O) groups excluding carboxylic acids is 14. The van der Waals surface area contributed by atoms with E-state index in [1.54, 1.807) is 0 Å². The third-order valence-electron chi connectivity index (χ3n) is 13.7. The molecule has 11 atom stereocenters. The molecule has 114 heavy (non-hydrogen) atoms. The highest BCUT2D eigenvalue weighted by molar-refractivity contribution is 8.76. The highest BCUT2D eigenvalue weighted by atomic mass is 33.1. The van der Waals surface area contributed by atoms with Crippen molar-refractivity contribution in [2.75, 3.05) is 73.8 Å². The van der Waals surface area contributed by atoms with Gasteiger partial charge >= 0.3 is 77.9 Å². The second-order valence-corrected chi connectivity index (χ2v) is 29.2. The Morgan fingerprint density at radius 3 is 0.939 bits per heavy atom. The molecule has 650 valence electrons. The Kier molecular flexibility index (Phi) is 61.6. The molecule has 0 saturated carbocycles. The fourth-order valence-corrected chi connectivity index (χ4v) is 11.6. The number of amides is 12. The number of carbonyl (C=O) groups is 22. The first-order chi connectivity index (χ1) is 52.3. The molecule has 0 radical (unpaired) electrons. The molecule has 53 heteroatoms. The second-order valence-electron chi connectivity index (χ2n) is 23.9. The van der Waals surface area contributed by atoms with Crippen molar-refractivity contribution in [3.8, 4) is 0 Å². The highest BCUT2D eigenvalue weighted by Gasteiger charge is 2.42. The minimum absolute atomic E-state index is 0. The number of urea groups is 5. The number of Topliss-reactive ketones (excluding diaryl/α,β-unsaturated/α-hetero) is 7. The van der Waals surface area contributed by atoms with Crippen LogP contribution in [0.4, 0.5) is 24.0 Å². The summed E-state index contributed by atoms with van der Waals surface area (Å²) in [5, 5.41) is 94.1. The first-order valence-corrected chi connectivity index (χ1v) is 38.4. The van der Waals surface area contributed by atoms with Crippen molar-refractivity contribution in [1.29, 1.82) is 0 Å². The number of nitrogens with two attached hydrogens (primary N) is 5. The molecule has 0 spiro atoms. The summed E-state index contributed by atoms with van der Waals surface area (Å²) in [4.78, 5) is 247. The maximum absolute atomic E-state index is 12.5. The highest BCUT2D eigenvalue weighted by Crippen LogP contribution is 2.34. The maximum Gasteiger partial charge on any atom is 0.327 e. The van der Waals surface area contributed by atoms with E-state index in [9.17, 15) is 105 Å². The van der Waals surface area contributed by atoms with Crippen LogP contribution < -0.4 is 87.2 Å². The number of carboxylic acids is 8. The van der Waals surface area contributed by atoms with Crippen molar-refractivity contribution >= 4 is 201 Å². The van der Waals surface area contributed by atoms with E-state index in [1.807, 2.05) is 13.8 Å². The van der Waals surface area contributed by atoms with Gasteiger partial charge in [0.25, 0.3) is 0 Å². The number of ketones is 7. The van der Waals surface area contributed by atoms with Gasteiger partial charge in [0.05, 0.1) is 48.4 Å². The van der Waals surface area contributed by atoms with Gasteiger partial charge in [-0.05, 0) is 34.6 Å². The van der Waals surface area contributed by atoms with Crippen molar-refractivity contribution in [3.05, 3.63) is 0 Å². The minimum atomic E-state index is -1.31. The molecule has 1 heterocycles. The largest absolute Gasteiger partial charge is 0.481 e. The number of carboxylic acid groups (broad SMARTS) is 8. The Bertz CT molecular complexity index is 3130. The average Bonchev–Trinajstić information content (AvgIpc) is 0.794. The zero-order chi connectivity index (χ0) is 88.2. The van der Waals surface area contributed by atoms with E-state index < -0.39 is 172 Å². The lowest BCUT2D eigenvalue weighted by molar-refractivity contribution is -0.141. The molecule has 0 bridgehead atoms. The van der Waals surface area contributed by atoms with Crippen molar-refractivity contribution in [3.63, 3.8) is 0 Å². The maximum atomic E-state index is 12.5. The molecule has 1 saturated heterocycles. The Morgan fingerprint density at radius 2 is 0.684 bits per heavy atom. The van der Waals surface area contributed by atoms with E-state index in [1.165, 1.54) is 44.4 Å². The zero-order valence-electron chi connectivity index (χ0n) is 62.0. The van der Waals surface area contributed by atoms with E-state index in [0.717, 1.165) is 21.6 Å². The SMILES string of the molecule is C.CC(=O)CCC(=O)[C@@H](CS)NC(=O)NC[C@H](N)C(=O)O.CC(=O)CCC(=O)[C@H](CSSC[C@H](NC(C)=O)C(=O)O)NC(=O)NC[C@H](N)C(=O)O.CC(=O)CN1C(=O)[C@@H](NC(=O)NC[C@H](N)C(=O)O)CSC1(C)C.N[C@H](CNC(=O)N[C@@H](CS)C(=O)CCC(=O)O)C(=O)O.N[C@H](CNC(=O)N[C@H](CS)C(=O)CCC(=O)O)C(=O)O. The van der Waals surface area contributed by atoms with Crippen LogP contribution in [0.3, 0.4) is 0 Å². The number of nitrogens with zero attached hydrogens (tertiary/aromatic N) is 1. The molecular weight excluding hydrogens is 1640 g/mol. The van der Waals surface area contributed by atoms with Crippen LogP contribution in [0, 0.1) is 0 Å². The van der Waals surface area contributed by atoms with Gasteiger partial charge in [0, 0.05) is 113 Å². The van der Waals surface area contributed by atoms with E-state index in [2.05, 4.69) is 96.4 Å². The summed E-state index contributed by atoms with van der Waals surface area (Å²) >= 11 is 13.2. The predicted molar refractivity (Wildman–Crippen MR) is 421 cm³/mol. The van der Waals surface area contributed by atoms with Gasteiger partial charge in [-0.1, -0.05) is 29.0 Å². The summed E-state index contributed by atoms with van der Waals surface area (Å²) in [7, 11) is 2.19. The Morgan fingerprint density at radius 1 is 0.412 bits per heavy atom. The van der Waals surface area contributed by atoms with Crippen molar-refractivity contribution in [2.45, 2.75) is 172 Å². The molecule has 0 aromatic rings. The Hall–Kier alpha value is -9.36. The number of thioether (sulfide) groups is 1. The van der Waals surface area contributed by atoms with Gasteiger partial charge in [0.1, 0.15) is 59.6 Å². The van der Waals surface area contributed by atoms with Crippen LogP contribution in [0.5, 0.6) is 0 Å². The molecule has 0 aromatic heterocycles. The molecule has 1 rings (SSSR count). The summed E-state index contributed by atoms with van der Waals surface area (Å²) in [6, 6.07) is -15.6. The average molecular weight is 1750 g/mol. The second kappa shape index (κ2) is 62.1. The van der Waals surface area contributed by atoms with Crippen molar-refractivity contribution < 1.29 is 146 Å². The molecule has 12 amide bonds. The predicted octanol–water partition coefficient (Wildman–Crippen LogP) is -5.63. The van der Waals surface area contributed by atoms with Gasteiger partial charge in [0.15, 0.2) is 23.1 Å². The number of thiol groups is 3. The molecule has 29 N–H and O–H groups in total. The van der Waals surface area contributed by atoms with Crippen LogP contribution in [0.15, 0.2) is 0 Å². The van der Waals surface area contributed by atoms with Gasteiger partial charge < -0.3 is 142 Å². The number of hydrogen-bond donors (Lipinski definition) is 27. The van der Waals surface area contributed by atoms with Crippen LogP contribution in [0.2, 0.25) is 0 Å². The van der Waals surface area contributed by atoms with Gasteiger partial charge in [-0.2, -0.15) is 37.9 Å². The lowest BCUT2D eigenvalue weighted by Crippen LogP contribution is -2.62. The Balaban J connectivity index is -0.000000438. The van der Waals surface area contributed by atoms with Gasteiger partial charge in [-0.15, -0.1) is 11.8 Å². The number of nitrogens with one attached hydrogen (secondary N) is 11. The Labute approximate surface area is 681 Å². The monoisotopic (exact) mass is 1750 g/mol. The molecule has 1 aliphatic heterocycles.